The standard InChI is InChI=1S/C24H19Cl2NO4/c25-18-11-9-17(10-12-18)24(23(30)16-5-2-1-3-6-16)31-22(29)14-13-21(28)27-20-8-4-7-19(26)15-20/h1-12,15,24H,13-14H2,(H,27,28)/t24-/m0/s1. The van der Waals surface area contributed by atoms with Gasteiger partial charge in [0, 0.05) is 33.3 Å². The average molecular weight is 456 g/mol. The van der Waals surface area contributed by atoms with Gasteiger partial charge in [0.1, 0.15) is 0 Å². The van der Waals surface area contributed by atoms with Gasteiger partial charge in [0.15, 0.2) is 6.10 Å². The second kappa shape index (κ2) is 10.8. The van der Waals surface area contributed by atoms with Crippen molar-refractivity contribution in [1.82, 2.24) is 0 Å². The number of carbonyl (C=O) groups is 3. The minimum Gasteiger partial charge on any atom is -0.449 e. The maximum absolute atomic E-state index is 13.0. The normalized spacial score (nSPS) is 11.4. The van der Waals surface area contributed by atoms with Crippen LogP contribution in [0.25, 0.3) is 0 Å². The van der Waals surface area contributed by atoms with E-state index in [1.165, 1.54) is 0 Å². The SMILES string of the molecule is O=C(CCC(=O)O[C@H](C(=O)c1ccccc1)c1ccc(Cl)cc1)Nc1cccc(Cl)c1. The van der Waals surface area contributed by atoms with E-state index in [-0.39, 0.29) is 24.5 Å². The number of anilines is 1. The molecule has 0 aromatic heterocycles. The fourth-order valence-corrected chi connectivity index (χ4v) is 3.18. The molecule has 0 spiro atoms. The largest absolute Gasteiger partial charge is 0.449 e. The summed E-state index contributed by atoms with van der Waals surface area (Å²) in [7, 11) is 0. The minimum absolute atomic E-state index is 0.0990. The van der Waals surface area contributed by atoms with E-state index in [2.05, 4.69) is 5.32 Å². The highest BCUT2D eigenvalue weighted by atomic mass is 35.5. The summed E-state index contributed by atoms with van der Waals surface area (Å²) in [5.74, 6) is -1.39. The highest BCUT2D eigenvalue weighted by Crippen LogP contribution is 2.25. The first-order valence-electron chi connectivity index (χ1n) is 9.52. The molecule has 3 aromatic rings. The van der Waals surface area contributed by atoms with E-state index < -0.39 is 12.1 Å². The van der Waals surface area contributed by atoms with Gasteiger partial charge in [-0.1, -0.05) is 71.7 Å². The summed E-state index contributed by atoms with van der Waals surface area (Å²) in [6.07, 6.45) is -1.42. The molecule has 0 saturated heterocycles. The Kier molecular flexibility index (Phi) is 7.82. The number of Topliss-reactive ketones (excluding diaryl/α,β-unsaturated/α-hetero) is 1. The molecule has 3 aromatic carbocycles. The molecule has 0 bridgehead atoms. The fourth-order valence-electron chi connectivity index (χ4n) is 2.86. The molecule has 7 heteroatoms. The zero-order valence-corrected chi connectivity index (χ0v) is 17.9. The van der Waals surface area contributed by atoms with E-state index in [1.54, 1.807) is 78.9 Å². The second-order valence-corrected chi connectivity index (χ2v) is 7.58. The third kappa shape index (κ3) is 6.67. The van der Waals surface area contributed by atoms with Crippen molar-refractivity contribution in [1.29, 1.82) is 0 Å². The van der Waals surface area contributed by atoms with E-state index in [0.29, 0.717) is 26.9 Å². The van der Waals surface area contributed by atoms with Crippen LogP contribution in [0.2, 0.25) is 10.0 Å². The van der Waals surface area contributed by atoms with Crippen molar-refractivity contribution >= 4 is 46.5 Å². The lowest BCUT2D eigenvalue weighted by atomic mass is 10.00. The summed E-state index contributed by atoms with van der Waals surface area (Å²) in [6, 6.07) is 21.7. The Morgan fingerprint density at radius 1 is 0.806 bits per heavy atom. The lowest BCUT2D eigenvalue weighted by Gasteiger charge is -2.17. The van der Waals surface area contributed by atoms with Crippen molar-refractivity contribution in [2.75, 3.05) is 5.32 Å². The first kappa shape index (κ1) is 22.5. The number of ketones is 1. The van der Waals surface area contributed by atoms with E-state index in [1.807, 2.05) is 0 Å². The topological polar surface area (TPSA) is 72.5 Å². The Morgan fingerprint density at radius 2 is 1.52 bits per heavy atom. The van der Waals surface area contributed by atoms with Crippen LogP contribution in [0.15, 0.2) is 78.9 Å². The number of esters is 1. The molecular formula is C24H19Cl2NO4. The zero-order valence-electron chi connectivity index (χ0n) is 16.4. The van der Waals surface area contributed by atoms with Gasteiger partial charge in [-0.25, -0.2) is 0 Å². The number of halogens is 2. The van der Waals surface area contributed by atoms with Crippen molar-refractivity contribution < 1.29 is 19.1 Å². The highest BCUT2D eigenvalue weighted by molar-refractivity contribution is 6.31. The number of benzene rings is 3. The molecule has 5 nitrogen and oxygen atoms in total. The van der Waals surface area contributed by atoms with Crippen molar-refractivity contribution in [3.05, 3.63) is 100 Å². The van der Waals surface area contributed by atoms with Gasteiger partial charge < -0.3 is 10.1 Å². The molecule has 0 fully saturated rings. The molecule has 0 heterocycles. The first-order chi connectivity index (χ1) is 14.9. The molecule has 1 atom stereocenters. The van der Waals surface area contributed by atoms with Crippen LogP contribution >= 0.6 is 23.2 Å². The van der Waals surface area contributed by atoms with E-state index in [9.17, 15) is 14.4 Å². The molecule has 1 N–H and O–H groups in total. The molecule has 31 heavy (non-hydrogen) atoms. The Hall–Kier alpha value is -3.15. The predicted octanol–water partition coefficient (Wildman–Crippen LogP) is 5.88. The summed E-state index contributed by atoms with van der Waals surface area (Å²) in [4.78, 5) is 37.5. The minimum atomic E-state index is -1.14. The van der Waals surface area contributed by atoms with Gasteiger partial charge >= 0.3 is 5.97 Å². The van der Waals surface area contributed by atoms with Gasteiger partial charge in [0.2, 0.25) is 11.7 Å². The van der Waals surface area contributed by atoms with Crippen LogP contribution in [0.4, 0.5) is 5.69 Å². The molecule has 0 aliphatic carbocycles. The number of amides is 1. The van der Waals surface area contributed by atoms with Gasteiger partial charge in [-0.05, 0) is 30.3 Å². The van der Waals surface area contributed by atoms with Crippen molar-refractivity contribution in [2.24, 2.45) is 0 Å². The summed E-state index contributed by atoms with van der Waals surface area (Å²) in [5, 5.41) is 3.65. The molecular weight excluding hydrogens is 437 g/mol. The van der Waals surface area contributed by atoms with E-state index in [4.69, 9.17) is 27.9 Å². The third-order valence-electron chi connectivity index (χ3n) is 4.38. The van der Waals surface area contributed by atoms with Crippen LogP contribution in [0.5, 0.6) is 0 Å². The monoisotopic (exact) mass is 455 g/mol. The van der Waals surface area contributed by atoms with Crippen LogP contribution in [0.3, 0.4) is 0 Å². The zero-order chi connectivity index (χ0) is 22.2. The maximum Gasteiger partial charge on any atom is 0.307 e. The quantitative estimate of drug-likeness (QED) is 0.340. The van der Waals surface area contributed by atoms with Gasteiger partial charge in [-0.3, -0.25) is 14.4 Å². The van der Waals surface area contributed by atoms with Gasteiger partial charge in [0.25, 0.3) is 0 Å². The van der Waals surface area contributed by atoms with Crippen LogP contribution in [-0.4, -0.2) is 17.7 Å². The summed E-state index contributed by atoms with van der Waals surface area (Å²) < 4.78 is 5.48. The fraction of sp³-hybridized carbons (Fsp3) is 0.125. The Labute approximate surface area is 189 Å². The summed E-state index contributed by atoms with van der Waals surface area (Å²) >= 11 is 11.8. The molecule has 3 rings (SSSR count). The second-order valence-electron chi connectivity index (χ2n) is 6.71. The number of ether oxygens (including phenoxy) is 1. The first-order valence-corrected chi connectivity index (χ1v) is 10.3. The molecule has 158 valence electrons. The Balaban J connectivity index is 1.66. The number of carbonyl (C=O) groups excluding carboxylic acids is 3. The Bertz CT molecular complexity index is 1070. The predicted molar refractivity (Wildman–Crippen MR) is 120 cm³/mol. The van der Waals surface area contributed by atoms with Crippen molar-refractivity contribution in [3.63, 3.8) is 0 Å². The lowest BCUT2D eigenvalue weighted by Crippen LogP contribution is -2.21. The highest BCUT2D eigenvalue weighted by Gasteiger charge is 2.26. The number of nitrogens with one attached hydrogen (secondary N) is 1. The number of rotatable bonds is 8. The summed E-state index contributed by atoms with van der Waals surface area (Å²) in [5.41, 5.74) is 1.44. The molecule has 0 aliphatic heterocycles. The van der Waals surface area contributed by atoms with Crippen LogP contribution in [-0.2, 0) is 14.3 Å². The van der Waals surface area contributed by atoms with Crippen LogP contribution < -0.4 is 5.32 Å². The average Bonchev–Trinajstić information content (AvgIpc) is 2.77. The third-order valence-corrected chi connectivity index (χ3v) is 4.87. The molecule has 1 amide bonds. The Morgan fingerprint density at radius 3 is 2.19 bits per heavy atom. The van der Waals surface area contributed by atoms with Crippen molar-refractivity contribution in [3.8, 4) is 0 Å². The van der Waals surface area contributed by atoms with Gasteiger partial charge in [-0.2, -0.15) is 0 Å². The van der Waals surface area contributed by atoms with Crippen molar-refractivity contribution in [2.45, 2.75) is 18.9 Å². The number of hydrogen-bond acceptors (Lipinski definition) is 4. The maximum atomic E-state index is 13.0. The molecule has 0 unspecified atom stereocenters. The van der Waals surface area contributed by atoms with E-state index in [0.717, 1.165) is 0 Å². The summed E-state index contributed by atoms with van der Waals surface area (Å²) in [6.45, 7) is 0. The molecule has 0 radical (unpaired) electrons. The molecule has 0 saturated carbocycles. The smallest absolute Gasteiger partial charge is 0.307 e. The lowest BCUT2D eigenvalue weighted by molar-refractivity contribution is -0.148. The van der Waals surface area contributed by atoms with Crippen LogP contribution in [0, 0.1) is 0 Å². The van der Waals surface area contributed by atoms with Crippen LogP contribution in [0.1, 0.15) is 34.9 Å². The van der Waals surface area contributed by atoms with Gasteiger partial charge in [0.05, 0.1) is 6.42 Å². The van der Waals surface area contributed by atoms with E-state index >= 15 is 0 Å². The molecule has 0 aliphatic rings. The number of hydrogen-bond donors (Lipinski definition) is 1. The van der Waals surface area contributed by atoms with Gasteiger partial charge in [-0.15, -0.1) is 0 Å².